The van der Waals surface area contributed by atoms with Crippen molar-refractivity contribution in [3.8, 4) is 5.75 Å². The van der Waals surface area contributed by atoms with Crippen LogP contribution in [-0.2, 0) is 13.9 Å². The summed E-state index contributed by atoms with van der Waals surface area (Å²) >= 11 is 0.303. The van der Waals surface area contributed by atoms with Gasteiger partial charge < -0.3 is 44.4 Å². The number of methoxy groups -OCH3 is 1. The van der Waals surface area contributed by atoms with E-state index in [2.05, 4.69) is 5.32 Å². The number of rotatable bonds is 9. The molecule has 2 atom stereocenters. The number of nitrogens with one attached hydrogen (secondary N) is 2. The van der Waals surface area contributed by atoms with Crippen LogP contribution in [-0.4, -0.2) is 79.2 Å². The van der Waals surface area contributed by atoms with Gasteiger partial charge >= 0.3 is 15.2 Å². The summed E-state index contributed by atoms with van der Waals surface area (Å²) < 4.78 is 46.0. The van der Waals surface area contributed by atoms with Crippen LogP contribution >= 0.6 is 27.0 Å². The lowest BCUT2D eigenvalue weighted by molar-refractivity contribution is -0.118. The molecule has 1 amide bonds. The number of carbonyl (C=O) groups excluding carboxylic acids is 2. The van der Waals surface area contributed by atoms with Crippen molar-refractivity contribution in [2.24, 2.45) is 5.92 Å². The molecule has 2 aromatic rings. The Bertz CT molecular complexity index is 1550. The predicted molar refractivity (Wildman–Crippen MR) is 153 cm³/mol. The largest absolute Gasteiger partial charge is 0.492 e. The minimum atomic E-state index is -5.43. The summed E-state index contributed by atoms with van der Waals surface area (Å²) in [6.07, 6.45) is 4.91. The molecule has 0 radical (unpaired) electrons. The number of pyridine rings is 1. The molecule has 18 heteroatoms. The highest BCUT2D eigenvalue weighted by atomic mass is 32.2. The van der Waals surface area contributed by atoms with Gasteiger partial charge in [0.1, 0.15) is 5.69 Å². The maximum Gasteiger partial charge on any atom is 0.360 e. The van der Waals surface area contributed by atoms with E-state index in [1.807, 2.05) is 4.90 Å². The highest BCUT2D eigenvalue weighted by molar-refractivity contribution is 8.14. The number of benzene rings is 1. The fourth-order valence-electron chi connectivity index (χ4n) is 5.71. The summed E-state index contributed by atoms with van der Waals surface area (Å²) in [6.45, 7) is 2.11. The normalized spacial score (nSPS) is 21.1. The Labute approximate surface area is 243 Å². The zero-order chi connectivity index (χ0) is 30.6. The number of hydrogen-bond donors (Lipinski definition) is 6. The van der Waals surface area contributed by atoms with E-state index < -0.39 is 48.7 Å². The van der Waals surface area contributed by atoms with E-state index in [1.165, 1.54) is 13.3 Å². The Balaban J connectivity index is 1.46. The third kappa shape index (κ3) is 6.18. The van der Waals surface area contributed by atoms with Gasteiger partial charge in [0.05, 0.1) is 29.3 Å². The minimum absolute atomic E-state index is 0.0738. The maximum atomic E-state index is 15.8. The molecule has 2 unspecified atom stereocenters. The van der Waals surface area contributed by atoms with Crippen molar-refractivity contribution in [2.45, 2.75) is 43.3 Å². The molecule has 3 aliphatic rings. The van der Waals surface area contributed by atoms with Gasteiger partial charge in [-0.2, -0.15) is 0 Å². The number of halogens is 1. The van der Waals surface area contributed by atoms with Crippen LogP contribution in [0.25, 0.3) is 10.9 Å². The van der Waals surface area contributed by atoms with Crippen LogP contribution in [0.1, 0.15) is 42.1 Å². The van der Waals surface area contributed by atoms with Gasteiger partial charge in [-0.25, -0.2) is 4.39 Å². The maximum absolute atomic E-state index is 15.8. The number of carbonyl (C=O) groups is 2. The Morgan fingerprint density at radius 1 is 1.19 bits per heavy atom. The van der Waals surface area contributed by atoms with E-state index in [9.17, 15) is 43.1 Å². The minimum Gasteiger partial charge on any atom is -0.492 e. The van der Waals surface area contributed by atoms with E-state index in [1.54, 1.807) is 9.88 Å². The lowest BCUT2D eigenvalue weighted by Crippen LogP contribution is -2.40. The van der Waals surface area contributed by atoms with Gasteiger partial charge in [-0.3, -0.25) is 23.5 Å². The molecule has 14 nitrogen and oxygen atoms in total. The van der Waals surface area contributed by atoms with Crippen molar-refractivity contribution < 1.29 is 47.4 Å². The Hall–Kier alpha value is -2.29. The first kappa shape index (κ1) is 31.1. The number of ether oxygens (including phenoxy) is 1. The molecule has 230 valence electrons. The van der Waals surface area contributed by atoms with Crippen molar-refractivity contribution in [3.05, 3.63) is 33.9 Å². The second kappa shape index (κ2) is 11.7. The zero-order valence-electron chi connectivity index (χ0n) is 22.4. The van der Waals surface area contributed by atoms with Crippen molar-refractivity contribution in [1.82, 2.24) is 15.2 Å². The Kier molecular flexibility index (Phi) is 8.65. The summed E-state index contributed by atoms with van der Waals surface area (Å²) in [5.74, 6) is -2.16. The van der Waals surface area contributed by atoms with Crippen LogP contribution in [0.3, 0.4) is 0 Å². The molecule has 1 aromatic carbocycles. The monoisotopic (exact) mass is 648 g/mol. The second-order valence-electron chi connectivity index (χ2n) is 10.7. The predicted octanol–water partition coefficient (Wildman–Crippen LogP) is 1.30. The van der Waals surface area contributed by atoms with E-state index in [0.29, 0.717) is 36.3 Å². The number of piperidine rings is 1. The highest BCUT2D eigenvalue weighted by Gasteiger charge is 2.44. The number of thioether (sulfide) groups is 1. The van der Waals surface area contributed by atoms with Gasteiger partial charge in [0.15, 0.2) is 11.6 Å². The molecule has 42 heavy (non-hydrogen) atoms. The van der Waals surface area contributed by atoms with Crippen LogP contribution in [0.5, 0.6) is 5.75 Å². The molecule has 5 rings (SSSR count). The van der Waals surface area contributed by atoms with Gasteiger partial charge in [-0.15, -0.1) is 0 Å². The molecule has 1 aromatic heterocycles. The van der Waals surface area contributed by atoms with Gasteiger partial charge in [0, 0.05) is 31.4 Å². The van der Waals surface area contributed by atoms with Gasteiger partial charge in [-0.1, -0.05) is 11.8 Å². The van der Waals surface area contributed by atoms with Gasteiger partial charge in [-0.05, 0) is 44.2 Å². The van der Waals surface area contributed by atoms with Crippen molar-refractivity contribution >= 4 is 54.6 Å². The van der Waals surface area contributed by atoms with Gasteiger partial charge in [0.2, 0.25) is 22.0 Å². The zero-order valence-corrected chi connectivity index (χ0v) is 25.0. The number of nitrogens with zero attached hydrogens (tertiary/aromatic N) is 2. The second-order valence-corrected chi connectivity index (χ2v) is 15.5. The van der Waals surface area contributed by atoms with E-state index >= 15 is 4.39 Å². The number of anilines is 1. The van der Waals surface area contributed by atoms with Crippen LogP contribution in [0.2, 0.25) is 0 Å². The highest BCUT2D eigenvalue weighted by Crippen LogP contribution is 2.58. The van der Waals surface area contributed by atoms with E-state index in [-0.39, 0.29) is 34.5 Å². The molecular formula is C24H31FN4O10P2S. The first-order valence-electron chi connectivity index (χ1n) is 13.2. The Morgan fingerprint density at radius 2 is 1.88 bits per heavy atom. The molecular weight excluding hydrogens is 617 g/mol. The molecule has 2 saturated heterocycles. The van der Waals surface area contributed by atoms with Crippen LogP contribution < -0.4 is 25.7 Å². The summed E-state index contributed by atoms with van der Waals surface area (Å²) in [5.41, 5.74) is -3.30. The van der Waals surface area contributed by atoms with Crippen LogP contribution in [0, 0.1) is 11.7 Å². The average Bonchev–Trinajstić information content (AvgIpc) is 3.66. The fourth-order valence-corrected chi connectivity index (χ4v) is 8.54. The van der Waals surface area contributed by atoms with Crippen LogP contribution in [0.4, 0.5) is 10.1 Å². The molecule has 3 fully saturated rings. The molecule has 6 N–H and O–H groups in total. The number of hydrogen-bond acceptors (Lipinski definition) is 9. The molecule has 3 heterocycles. The summed E-state index contributed by atoms with van der Waals surface area (Å²) in [7, 11) is -9.46. The molecule has 0 bridgehead atoms. The molecule has 0 spiro atoms. The van der Waals surface area contributed by atoms with Crippen molar-refractivity contribution in [2.75, 3.05) is 37.4 Å². The lowest BCUT2D eigenvalue weighted by atomic mass is 9.94. The van der Waals surface area contributed by atoms with E-state index in [0.717, 1.165) is 38.3 Å². The molecule has 2 aliphatic heterocycles. The van der Waals surface area contributed by atoms with Crippen LogP contribution in [0.15, 0.2) is 17.1 Å². The van der Waals surface area contributed by atoms with E-state index in [4.69, 9.17) is 4.74 Å². The number of aromatic nitrogens is 1. The third-order valence-corrected chi connectivity index (χ3v) is 12.0. The quantitative estimate of drug-likeness (QED) is 0.212. The Morgan fingerprint density at radius 3 is 2.48 bits per heavy atom. The fraction of sp³-hybridized carbons (Fsp3) is 0.542. The number of amides is 1. The van der Waals surface area contributed by atoms with Crippen molar-refractivity contribution in [3.63, 3.8) is 0 Å². The van der Waals surface area contributed by atoms with Crippen molar-refractivity contribution in [1.29, 1.82) is 0 Å². The van der Waals surface area contributed by atoms with Gasteiger partial charge in [0.25, 0.3) is 0 Å². The topological polar surface area (TPSA) is 208 Å². The first-order valence-corrected chi connectivity index (χ1v) is 17.6. The molecule has 1 aliphatic carbocycles. The standard InChI is InChI=1S/C24H31FN4O10P2S/c1-39-22-19-14(7-16(25)20(22)28-8-12-3-2-6-26-17(12)10-28)21(31)15(9-29(19)13-4-5-13)23(32)42-11-18(30)27-24(40(33,34)35)41(36,37)38/h7,9,12-13,17,24,26H,2-6,8,10-11H2,1H3,(H,27,30)(H2,33,34,35)(H2,36,37,38). The third-order valence-electron chi connectivity index (χ3n) is 7.74. The smallest absolute Gasteiger partial charge is 0.360 e. The molecule has 1 saturated carbocycles. The summed E-state index contributed by atoms with van der Waals surface area (Å²) in [5, 5.41) is 4.09. The average molecular weight is 649 g/mol. The SMILES string of the molecule is COc1c(N2CC3CCCNC3C2)c(F)cc2c(=O)c(C(=O)SCC(=O)NC(P(=O)(O)O)P(=O)(O)O)cn(C3CC3)c12. The summed E-state index contributed by atoms with van der Waals surface area (Å²) in [6, 6.07) is 1.25. The number of fused-ring (bicyclic) bond motifs is 2. The summed E-state index contributed by atoms with van der Waals surface area (Å²) in [4.78, 5) is 77.5. The lowest BCUT2D eigenvalue weighted by Gasteiger charge is -2.25. The first-order chi connectivity index (χ1) is 19.7.